The molecule has 7 nitrogen and oxygen atoms in total. The average Bonchev–Trinajstić information content (AvgIpc) is 3.03. The van der Waals surface area contributed by atoms with Crippen LogP contribution in [0.3, 0.4) is 0 Å². The van der Waals surface area contributed by atoms with Crippen LogP contribution < -0.4 is 0 Å². The van der Waals surface area contributed by atoms with Gasteiger partial charge in [-0.3, -0.25) is 10.1 Å². The number of nitro benzene ring substituents is 1. The van der Waals surface area contributed by atoms with Crippen molar-refractivity contribution >= 4 is 28.4 Å². The zero-order chi connectivity index (χ0) is 14.3. The van der Waals surface area contributed by atoms with E-state index in [1.807, 2.05) is 0 Å². The van der Waals surface area contributed by atoms with Gasteiger partial charge in [-0.15, -0.1) is 0 Å². The van der Waals surface area contributed by atoms with Crippen LogP contribution in [0.25, 0.3) is 16.7 Å². The SMILES string of the molecule is C/C(=C1\CCOC1=O)n1cnc2ccc([N+](=O)[O-])cc21. The number of carbonyl (C=O) groups is 1. The topological polar surface area (TPSA) is 87.3 Å². The van der Waals surface area contributed by atoms with Gasteiger partial charge in [0.1, 0.15) is 6.33 Å². The number of carbonyl (C=O) groups excluding carboxylic acids is 1. The van der Waals surface area contributed by atoms with Crippen LogP contribution in [0.15, 0.2) is 30.1 Å². The Bertz CT molecular complexity index is 760. The van der Waals surface area contributed by atoms with Gasteiger partial charge in [-0.25, -0.2) is 9.78 Å². The summed E-state index contributed by atoms with van der Waals surface area (Å²) in [5, 5.41) is 10.8. The first-order valence-corrected chi connectivity index (χ1v) is 6.06. The van der Waals surface area contributed by atoms with E-state index in [1.54, 1.807) is 23.9 Å². The number of hydrogen-bond acceptors (Lipinski definition) is 5. The number of aromatic nitrogens is 2. The van der Waals surface area contributed by atoms with Gasteiger partial charge in [0, 0.05) is 24.3 Å². The summed E-state index contributed by atoms with van der Waals surface area (Å²) in [6.45, 7) is 2.15. The molecule has 0 atom stereocenters. The summed E-state index contributed by atoms with van der Waals surface area (Å²) >= 11 is 0. The van der Waals surface area contributed by atoms with E-state index in [-0.39, 0.29) is 11.7 Å². The normalized spacial score (nSPS) is 17.4. The van der Waals surface area contributed by atoms with Gasteiger partial charge in [0.25, 0.3) is 5.69 Å². The number of nitro groups is 1. The standard InChI is InChI=1S/C13H11N3O4/c1-8(10-4-5-20-13(10)17)15-7-14-11-3-2-9(16(18)19)6-12(11)15/h2-3,6-7H,4-5H2,1H3/b10-8-. The molecule has 0 amide bonds. The number of ether oxygens (including phenoxy) is 1. The number of benzene rings is 1. The van der Waals surface area contributed by atoms with Crippen LogP contribution in [0.4, 0.5) is 5.69 Å². The second-order valence-electron chi connectivity index (χ2n) is 4.49. The number of hydrogen-bond donors (Lipinski definition) is 0. The molecule has 2 aromatic rings. The Morgan fingerprint density at radius 1 is 1.50 bits per heavy atom. The summed E-state index contributed by atoms with van der Waals surface area (Å²) in [6.07, 6.45) is 2.10. The maximum absolute atomic E-state index is 11.6. The monoisotopic (exact) mass is 273 g/mol. The van der Waals surface area contributed by atoms with E-state index in [0.717, 1.165) is 0 Å². The summed E-state index contributed by atoms with van der Waals surface area (Å²) in [7, 11) is 0. The fraction of sp³-hybridized carbons (Fsp3) is 0.231. The zero-order valence-electron chi connectivity index (χ0n) is 10.7. The van der Waals surface area contributed by atoms with Crippen molar-refractivity contribution in [2.45, 2.75) is 13.3 Å². The molecule has 1 fully saturated rings. The Kier molecular flexibility index (Phi) is 2.74. The minimum Gasteiger partial charge on any atom is -0.462 e. The zero-order valence-corrected chi connectivity index (χ0v) is 10.7. The number of imidazole rings is 1. The number of fused-ring (bicyclic) bond motifs is 1. The van der Waals surface area contributed by atoms with Gasteiger partial charge in [-0.1, -0.05) is 0 Å². The van der Waals surface area contributed by atoms with Crippen molar-refractivity contribution in [1.29, 1.82) is 0 Å². The smallest absolute Gasteiger partial charge is 0.335 e. The minimum atomic E-state index is -0.455. The highest BCUT2D eigenvalue weighted by Gasteiger charge is 2.23. The van der Waals surface area contributed by atoms with Crippen LogP contribution in [0.2, 0.25) is 0 Å². The molecule has 1 aliphatic heterocycles. The lowest BCUT2D eigenvalue weighted by molar-refractivity contribution is -0.384. The van der Waals surface area contributed by atoms with Crippen LogP contribution in [0, 0.1) is 10.1 Å². The van der Waals surface area contributed by atoms with E-state index in [0.29, 0.717) is 35.3 Å². The van der Waals surface area contributed by atoms with Crippen LogP contribution in [0.1, 0.15) is 13.3 Å². The van der Waals surface area contributed by atoms with E-state index in [2.05, 4.69) is 4.98 Å². The molecule has 20 heavy (non-hydrogen) atoms. The molecule has 1 aromatic heterocycles. The molecule has 3 rings (SSSR count). The summed E-state index contributed by atoms with van der Waals surface area (Å²) in [4.78, 5) is 26.2. The Hall–Kier alpha value is -2.70. The predicted molar refractivity (Wildman–Crippen MR) is 70.9 cm³/mol. The van der Waals surface area contributed by atoms with Crippen molar-refractivity contribution in [2.75, 3.05) is 6.61 Å². The molecular weight excluding hydrogens is 262 g/mol. The van der Waals surface area contributed by atoms with E-state index < -0.39 is 4.92 Å². The number of allylic oxidation sites excluding steroid dienone is 1. The highest BCUT2D eigenvalue weighted by molar-refractivity contribution is 5.97. The molecule has 0 saturated carbocycles. The third kappa shape index (κ3) is 1.83. The van der Waals surface area contributed by atoms with Crippen molar-refractivity contribution < 1.29 is 14.5 Å². The molecule has 1 saturated heterocycles. The van der Waals surface area contributed by atoms with Crippen molar-refractivity contribution in [2.24, 2.45) is 0 Å². The van der Waals surface area contributed by atoms with E-state index in [9.17, 15) is 14.9 Å². The first kappa shape index (κ1) is 12.3. The van der Waals surface area contributed by atoms with Crippen molar-refractivity contribution in [3.8, 4) is 0 Å². The molecule has 0 bridgehead atoms. The minimum absolute atomic E-state index is 0.00829. The maximum Gasteiger partial charge on any atom is 0.335 e. The van der Waals surface area contributed by atoms with E-state index in [1.165, 1.54) is 12.1 Å². The first-order chi connectivity index (χ1) is 9.58. The molecule has 1 aromatic carbocycles. The Labute approximate surface area is 113 Å². The second-order valence-corrected chi connectivity index (χ2v) is 4.49. The van der Waals surface area contributed by atoms with E-state index >= 15 is 0 Å². The number of esters is 1. The number of nitrogens with zero attached hydrogens (tertiary/aromatic N) is 3. The fourth-order valence-electron chi connectivity index (χ4n) is 2.29. The van der Waals surface area contributed by atoms with Crippen LogP contribution >= 0.6 is 0 Å². The lowest BCUT2D eigenvalue weighted by Crippen LogP contribution is -2.02. The highest BCUT2D eigenvalue weighted by atomic mass is 16.6. The highest BCUT2D eigenvalue weighted by Crippen LogP contribution is 2.26. The summed E-state index contributed by atoms with van der Waals surface area (Å²) in [5.74, 6) is -0.338. The van der Waals surface area contributed by atoms with Crippen molar-refractivity contribution in [1.82, 2.24) is 9.55 Å². The second kappa shape index (κ2) is 4.44. The Morgan fingerprint density at radius 2 is 2.30 bits per heavy atom. The molecular formula is C13H11N3O4. The Balaban J connectivity index is 2.19. The van der Waals surface area contributed by atoms with Crippen LogP contribution in [-0.4, -0.2) is 27.1 Å². The predicted octanol–water partition coefficient (Wildman–Crippen LogP) is 2.12. The van der Waals surface area contributed by atoms with Gasteiger partial charge in [0.2, 0.25) is 0 Å². The lowest BCUT2D eigenvalue weighted by atomic mass is 10.2. The molecule has 0 unspecified atom stereocenters. The van der Waals surface area contributed by atoms with Crippen molar-refractivity contribution in [3.05, 3.63) is 40.2 Å². The number of rotatable bonds is 2. The summed E-state index contributed by atoms with van der Waals surface area (Å²) < 4.78 is 6.60. The molecule has 0 spiro atoms. The van der Waals surface area contributed by atoms with E-state index in [4.69, 9.17) is 4.74 Å². The molecule has 0 radical (unpaired) electrons. The maximum atomic E-state index is 11.6. The third-order valence-electron chi connectivity index (χ3n) is 3.37. The molecule has 102 valence electrons. The van der Waals surface area contributed by atoms with Crippen molar-refractivity contribution in [3.63, 3.8) is 0 Å². The molecule has 0 N–H and O–H groups in total. The van der Waals surface area contributed by atoms with Gasteiger partial charge in [-0.2, -0.15) is 0 Å². The van der Waals surface area contributed by atoms with Crippen LogP contribution in [-0.2, 0) is 9.53 Å². The van der Waals surface area contributed by atoms with Gasteiger partial charge < -0.3 is 9.30 Å². The average molecular weight is 273 g/mol. The van der Waals surface area contributed by atoms with Gasteiger partial charge >= 0.3 is 5.97 Å². The largest absolute Gasteiger partial charge is 0.462 e. The molecule has 0 aliphatic carbocycles. The Morgan fingerprint density at radius 3 is 2.95 bits per heavy atom. The number of cyclic esters (lactones) is 1. The summed E-state index contributed by atoms with van der Waals surface area (Å²) in [5.41, 5.74) is 2.50. The lowest BCUT2D eigenvalue weighted by Gasteiger charge is -2.06. The van der Waals surface area contributed by atoms with Crippen LogP contribution in [0.5, 0.6) is 0 Å². The van der Waals surface area contributed by atoms with Gasteiger partial charge in [-0.05, 0) is 13.0 Å². The quantitative estimate of drug-likeness (QED) is 0.362. The summed E-state index contributed by atoms with van der Waals surface area (Å²) in [6, 6.07) is 4.45. The molecule has 7 heteroatoms. The van der Waals surface area contributed by atoms with Gasteiger partial charge in [0.15, 0.2) is 0 Å². The first-order valence-electron chi connectivity index (χ1n) is 6.06. The molecule has 2 heterocycles. The molecule has 1 aliphatic rings. The fourth-order valence-corrected chi connectivity index (χ4v) is 2.29. The third-order valence-corrected chi connectivity index (χ3v) is 3.37. The van der Waals surface area contributed by atoms with Gasteiger partial charge in [0.05, 0.1) is 28.1 Å². The number of non-ortho nitro benzene ring substituents is 1.